The summed E-state index contributed by atoms with van der Waals surface area (Å²) in [5.41, 5.74) is -0.552. The summed E-state index contributed by atoms with van der Waals surface area (Å²) in [4.78, 5) is 11.1. The molecule has 0 aliphatic rings. The molecule has 4 nitrogen and oxygen atoms in total. The Labute approximate surface area is 90.4 Å². The van der Waals surface area contributed by atoms with Gasteiger partial charge in [-0.05, 0) is 12.1 Å². The molecule has 0 aromatic heterocycles. The zero-order chi connectivity index (χ0) is 11.6. The number of carbonyl (C=O) groups is 1. The number of ether oxygens (including phenoxy) is 1. The molecule has 0 unspecified atom stereocenters. The van der Waals surface area contributed by atoms with Crippen LogP contribution in [0.5, 0.6) is 0 Å². The second-order valence-electron chi connectivity index (χ2n) is 2.72. The lowest BCUT2D eigenvalue weighted by Crippen LogP contribution is -2.32. The fourth-order valence-electron chi connectivity index (χ4n) is 1.03. The van der Waals surface area contributed by atoms with Crippen molar-refractivity contribution in [1.82, 2.24) is 0 Å². The summed E-state index contributed by atoms with van der Waals surface area (Å²) in [6, 6.07) is 1.76. The van der Waals surface area contributed by atoms with Gasteiger partial charge in [-0.15, -0.1) is 0 Å². The van der Waals surface area contributed by atoms with Crippen LogP contribution in [0.25, 0.3) is 0 Å². The summed E-state index contributed by atoms with van der Waals surface area (Å²) in [6.07, 6.45) is 0. The third-order valence-electron chi connectivity index (χ3n) is 1.77. The van der Waals surface area contributed by atoms with Crippen LogP contribution in [-0.4, -0.2) is 30.2 Å². The fraction of sp³-hybridized carbons (Fsp3) is 0.125. The van der Waals surface area contributed by atoms with E-state index in [-0.39, 0.29) is 10.5 Å². The van der Waals surface area contributed by atoms with Crippen LogP contribution in [0.2, 0.25) is 5.02 Å². The highest BCUT2D eigenvalue weighted by Gasteiger charge is 2.21. The second-order valence-corrected chi connectivity index (χ2v) is 3.13. The number of benzene rings is 1. The first-order valence-corrected chi connectivity index (χ1v) is 4.28. The van der Waals surface area contributed by atoms with E-state index in [9.17, 15) is 9.18 Å². The molecule has 0 atom stereocenters. The van der Waals surface area contributed by atoms with Crippen molar-refractivity contribution in [3.63, 3.8) is 0 Å². The van der Waals surface area contributed by atoms with E-state index in [4.69, 9.17) is 21.6 Å². The van der Waals surface area contributed by atoms with Gasteiger partial charge in [0, 0.05) is 10.5 Å². The lowest BCUT2D eigenvalue weighted by Gasteiger charge is -2.06. The van der Waals surface area contributed by atoms with E-state index in [1.165, 1.54) is 0 Å². The van der Waals surface area contributed by atoms with Crippen LogP contribution in [0.4, 0.5) is 4.39 Å². The molecule has 80 valence electrons. The first-order valence-electron chi connectivity index (χ1n) is 3.90. The van der Waals surface area contributed by atoms with Crippen LogP contribution >= 0.6 is 11.6 Å². The molecular formula is C8H7BClFO4. The molecule has 15 heavy (non-hydrogen) atoms. The van der Waals surface area contributed by atoms with Gasteiger partial charge in [-0.1, -0.05) is 11.6 Å². The average Bonchev–Trinajstić information content (AvgIpc) is 2.16. The SMILES string of the molecule is COC(=O)c1cc(B(O)O)c(Cl)cc1F. The summed E-state index contributed by atoms with van der Waals surface area (Å²) in [7, 11) is -0.785. The molecule has 0 amide bonds. The Bertz CT molecular complexity index is 396. The number of hydrogen-bond donors (Lipinski definition) is 2. The summed E-state index contributed by atoms with van der Waals surface area (Å²) in [6.45, 7) is 0. The highest BCUT2D eigenvalue weighted by atomic mass is 35.5. The molecular weight excluding hydrogens is 225 g/mol. The normalized spacial score (nSPS) is 9.93. The minimum Gasteiger partial charge on any atom is -0.465 e. The number of carbonyl (C=O) groups excluding carboxylic acids is 1. The second kappa shape index (κ2) is 4.61. The maximum absolute atomic E-state index is 13.2. The summed E-state index contributed by atoms with van der Waals surface area (Å²) in [5, 5.41) is 17.6. The first kappa shape index (κ1) is 12.0. The molecule has 0 aliphatic heterocycles. The molecule has 0 saturated heterocycles. The van der Waals surface area contributed by atoms with Gasteiger partial charge in [-0.25, -0.2) is 9.18 Å². The maximum Gasteiger partial charge on any atom is 0.489 e. The highest BCUT2D eigenvalue weighted by Crippen LogP contribution is 2.14. The Hall–Kier alpha value is -1.11. The number of halogens is 2. The number of methoxy groups -OCH3 is 1. The molecule has 0 fully saturated rings. The van der Waals surface area contributed by atoms with Crippen LogP contribution in [0, 0.1) is 5.82 Å². The van der Waals surface area contributed by atoms with Gasteiger partial charge in [-0.2, -0.15) is 0 Å². The van der Waals surface area contributed by atoms with Crippen molar-refractivity contribution in [2.45, 2.75) is 0 Å². The molecule has 7 heteroatoms. The van der Waals surface area contributed by atoms with Crippen molar-refractivity contribution in [1.29, 1.82) is 0 Å². The lowest BCUT2D eigenvalue weighted by molar-refractivity contribution is 0.0595. The third-order valence-corrected chi connectivity index (χ3v) is 2.10. The molecule has 0 radical (unpaired) electrons. The molecule has 0 saturated carbocycles. The fourth-order valence-corrected chi connectivity index (χ4v) is 1.28. The van der Waals surface area contributed by atoms with E-state index in [2.05, 4.69) is 4.74 Å². The summed E-state index contributed by atoms with van der Waals surface area (Å²) in [5.74, 6) is -1.79. The molecule has 0 bridgehead atoms. The number of rotatable bonds is 2. The molecule has 1 aromatic carbocycles. The third kappa shape index (κ3) is 2.47. The predicted molar refractivity (Wildman–Crippen MR) is 52.6 cm³/mol. The molecule has 2 N–H and O–H groups in total. The standard InChI is InChI=1S/C8H7BClFO4/c1-15-8(12)4-2-5(9(13)14)6(10)3-7(4)11/h2-3,13-14H,1H3. The van der Waals surface area contributed by atoms with E-state index in [1.807, 2.05) is 0 Å². The Morgan fingerprint density at radius 2 is 2.13 bits per heavy atom. The smallest absolute Gasteiger partial charge is 0.465 e. The van der Waals surface area contributed by atoms with Gasteiger partial charge in [0.05, 0.1) is 12.7 Å². The summed E-state index contributed by atoms with van der Waals surface area (Å²) >= 11 is 5.53. The zero-order valence-corrected chi connectivity index (χ0v) is 8.45. The topological polar surface area (TPSA) is 66.8 Å². The largest absolute Gasteiger partial charge is 0.489 e. The van der Waals surface area contributed by atoms with E-state index in [1.54, 1.807) is 0 Å². The molecule has 0 spiro atoms. The van der Waals surface area contributed by atoms with Gasteiger partial charge in [-0.3, -0.25) is 0 Å². The van der Waals surface area contributed by atoms with Crippen LogP contribution in [0.1, 0.15) is 10.4 Å². The van der Waals surface area contributed by atoms with E-state index < -0.39 is 24.5 Å². The quantitative estimate of drug-likeness (QED) is 0.554. The highest BCUT2D eigenvalue weighted by molar-refractivity contribution is 6.62. The van der Waals surface area contributed by atoms with Crippen molar-refractivity contribution in [3.05, 3.63) is 28.5 Å². The monoisotopic (exact) mass is 232 g/mol. The van der Waals surface area contributed by atoms with E-state index in [0.717, 1.165) is 19.2 Å². The number of esters is 1. The predicted octanol–water partition coefficient (Wildman–Crippen LogP) is -0.0545. The zero-order valence-electron chi connectivity index (χ0n) is 7.70. The minimum atomic E-state index is -1.87. The number of hydrogen-bond acceptors (Lipinski definition) is 4. The maximum atomic E-state index is 13.2. The molecule has 0 heterocycles. The van der Waals surface area contributed by atoms with Gasteiger partial charge in [0.25, 0.3) is 0 Å². The van der Waals surface area contributed by atoms with Gasteiger partial charge >= 0.3 is 13.1 Å². The molecule has 0 aliphatic carbocycles. The first-order chi connectivity index (χ1) is 6.97. The summed E-state index contributed by atoms with van der Waals surface area (Å²) < 4.78 is 17.5. The van der Waals surface area contributed by atoms with Gasteiger partial charge in [0.2, 0.25) is 0 Å². The Kier molecular flexibility index (Phi) is 3.68. The van der Waals surface area contributed by atoms with E-state index in [0.29, 0.717) is 0 Å². The van der Waals surface area contributed by atoms with Crippen molar-refractivity contribution >= 4 is 30.2 Å². The van der Waals surface area contributed by atoms with Crippen molar-refractivity contribution < 1.29 is 24.0 Å². The van der Waals surface area contributed by atoms with Crippen molar-refractivity contribution in [2.75, 3.05) is 7.11 Å². The van der Waals surface area contributed by atoms with Gasteiger partial charge < -0.3 is 14.8 Å². The van der Waals surface area contributed by atoms with Crippen LogP contribution < -0.4 is 5.46 Å². The average molecular weight is 232 g/mol. The van der Waals surface area contributed by atoms with Crippen LogP contribution in [0.3, 0.4) is 0 Å². The van der Waals surface area contributed by atoms with Crippen LogP contribution in [-0.2, 0) is 4.74 Å². The Morgan fingerprint density at radius 3 is 2.60 bits per heavy atom. The molecule has 1 aromatic rings. The lowest BCUT2D eigenvalue weighted by atomic mass is 9.79. The Balaban J connectivity index is 3.29. The Morgan fingerprint density at radius 1 is 1.53 bits per heavy atom. The van der Waals surface area contributed by atoms with Crippen molar-refractivity contribution in [2.24, 2.45) is 0 Å². The molecule has 1 rings (SSSR count). The van der Waals surface area contributed by atoms with Gasteiger partial charge in [0.15, 0.2) is 0 Å². The van der Waals surface area contributed by atoms with Crippen molar-refractivity contribution in [3.8, 4) is 0 Å². The van der Waals surface area contributed by atoms with Gasteiger partial charge in [0.1, 0.15) is 5.82 Å². The van der Waals surface area contributed by atoms with Crippen LogP contribution in [0.15, 0.2) is 12.1 Å². The van der Waals surface area contributed by atoms with E-state index >= 15 is 0 Å². The minimum absolute atomic E-state index is 0.154.